The fraction of sp³-hybridized carbons (Fsp3) is 0.500. The maximum Gasteiger partial charge on any atom is 0.125 e. The molecule has 2 rings (SSSR count). The van der Waals surface area contributed by atoms with Crippen molar-refractivity contribution in [1.82, 2.24) is 5.32 Å². The van der Waals surface area contributed by atoms with Gasteiger partial charge in [-0.15, -0.1) is 0 Å². The lowest BCUT2D eigenvalue weighted by molar-refractivity contribution is 0.416. The summed E-state index contributed by atoms with van der Waals surface area (Å²) in [5, 5.41) is 3.54. The highest BCUT2D eigenvalue weighted by molar-refractivity contribution is 5.31. The standard InChI is InChI=1S/C16H23NO2/c1-5-9-17-16(14-10-11(3)18-12(14)4)15-8-7-13(6-2)19-15/h7-8,10,16-17H,5-6,9H2,1-4H3. The number of rotatable bonds is 6. The van der Waals surface area contributed by atoms with Gasteiger partial charge in [0.15, 0.2) is 0 Å². The van der Waals surface area contributed by atoms with Crippen LogP contribution in [0.1, 0.15) is 54.9 Å². The molecule has 1 unspecified atom stereocenters. The van der Waals surface area contributed by atoms with E-state index in [-0.39, 0.29) is 6.04 Å². The molecule has 0 saturated carbocycles. The van der Waals surface area contributed by atoms with E-state index in [0.29, 0.717) is 0 Å². The summed E-state index contributed by atoms with van der Waals surface area (Å²) in [7, 11) is 0. The van der Waals surface area contributed by atoms with E-state index in [2.05, 4.69) is 37.4 Å². The summed E-state index contributed by atoms with van der Waals surface area (Å²) in [5.74, 6) is 3.89. The number of aryl methyl sites for hydroxylation is 3. The molecule has 0 aliphatic heterocycles. The van der Waals surface area contributed by atoms with Crippen molar-refractivity contribution in [2.45, 2.75) is 46.6 Å². The molecule has 0 saturated heterocycles. The van der Waals surface area contributed by atoms with Crippen LogP contribution in [0.15, 0.2) is 27.0 Å². The molecule has 0 aromatic carbocycles. The van der Waals surface area contributed by atoms with Crippen LogP contribution in [-0.2, 0) is 6.42 Å². The van der Waals surface area contributed by atoms with Crippen molar-refractivity contribution in [3.8, 4) is 0 Å². The van der Waals surface area contributed by atoms with Crippen LogP contribution in [0.2, 0.25) is 0 Å². The lowest BCUT2D eigenvalue weighted by Gasteiger charge is -2.15. The van der Waals surface area contributed by atoms with E-state index in [1.165, 1.54) is 5.56 Å². The molecule has 1 N–H and O–H groups in total. The normalized spacial score (nSPS) is 12.8. The van der Waals surface area contributed by atoms with Gasteiger partial charge in [-0.05, 0) is 45.0 Å². The molecule has 0 aliphatic rings. The van der Waals surface area contributed by atoms with E-state index in [1.54, 1.807) is 0 Å². The monoisotopic (exact) mass is 261 g/mol. The van der Waals surface area contributed by atoms with Crippen LogP contribution in [0, 0.1) is 13.8 Å². The Labute approximate surface area is 115 Å². The summed E-state index contributed by atoms with van der Waals surface area (Å²) in [6, 6.07) is 6.29. The Morgan fingerprint density at radius 3 is 2.47 bits per heavy atom. The predicted octanol–water partition coefficient (Wildman–Crippen LogP) is 4.14. The van der Waals surface area contributed by atoms with Crippen LogP contribution in [0.4, 0.5) is 0 Å². The van der Waals surface area contributed by atoms with Crippen LogP contribution in [-0.4, -0.2) is 6.54 Å². The van der Waals surface area contributed by atoms with E-state index in [9.17, 15) is 0 Å². The van der Waals surface area contributed by atoms with Crippen LogP contribution in [0.3, 0.4) is 0 Å². The molecule has 0 amide bonds. The van der Waals surface area contributed by atoms with Crippen molar-refractivity contribution in [2.24, 2.45) is 0 Å². The molecule has 2 aromatic heterocycles. The van der Waals surface area contributed by atoms with Crippen LogP contribution >= 0.6 is 0 Å². The summed E-state index contributed by atoms with van der Waals surface area (Å²) in [6.45, 7) is 9.21. The topological polar surface area (TPSA) is 38.3 Å². The molecule has 2 heterocycles. The summed E-state index contributed by atoms with van der Waals surface area (Å²) < 4.78 is 11.6. The van der Waals surface area contributed by atoms with Gasteiger partial charge in [-0.3, -0.25) is 0 Å². The van der Waals surface area contributed by atoms with Crippen molar-refractivity contribution < 1.29 is 8.83 Å². The van der Waals surface area contributed by atoms with E-state index in [1.807, 2.05) is 13.8 Å². The summed E-state index contributed by atoms with van der Waals surface area (Å²) in [4.78, 5) is 0. The largest absolute Gasteiger partial charge is 0.466 e. The fourth-order valence-corrected chi connectivity index (χ4v) is 2.33. The fourth-order valence-electron chi connectivity index (χ4n) is 2.33. The molecule has 0 spiro atoms. The first-order chi connectivity index (χ1) is 9.15. The molecule has 1 atom stereocenters. The summed E-state index contributed by atoms with van der Waals surface area (Å²) >= 11 is 0. The number of hydrogen-bond donors (Lipinski definition) is 1. The first-order valence-corrected chi connectivity index (χ1v) is 7.04. The van der Waals surface area contributed by atoms with E-state index < -0.39 is 0 Å². The van der Waals surface area contributed by atoms with E-state index in [0.717, 1.165) is 42.4 Å². The zero-order chi connectivity index (χ0) is 13.8. The van der Waals surface area contributed by atoms with Crippen molar-refractivity contribution >= 4 is 0 Å². The van der Waals surface area contributed by atoms with Gasteiger partial charge in [-0.1, -0.05) is 13.8 Å². The molecule has 104 valence electrons. The third-order valence-electron chi connectivity index (χ3n) is 3.30. The van der Waals surface area contributed by atoms with E-state index in [4.69, 9.17) is 8.83 Å². The Kier molecular flexibility index (Phi) is 4.48. The highest BCUT2D eigenvalue weighted by Crippen LogP contribution is 2.28. The lowest BCUT2D eigenvalue weighted by atomic mass is 10.0. The second-order valence-electron chi connectivity index (χ2n) is 4.91. The molecule has 0 fully saturated rings. The molecule has 19 heavy (non-hydrogen) atoms. The molecule has 0 radical (unpaired) electrons. The molecular weight excluding hydrogens is 238 g/mol. The van der Waals surface area contributed by atoms with Crippen molar-refractivity contribution in [2.75, 3.05) is 6.54 Å². The Balaban J connectivity index is 2.32. The van der Waals surface area contributed by atoms with Gasteiger partial charge in [0.2, 0.25) is 0 Å². The highest BCUT2D eigenvalue weighted by Gasteiger charge is 2.21. The van der Waals surface area contributed by atoms with E-state index >= 15 is 0 Å². The second-order valence-corrected chi connectivity index (χ2v) is 4.91. The van der Waals surface area contributed by atoms with Gasteiger partial charge in [0.05, 0.1) is 6.04 Å². The van der Waals surface area contributed by atoms with Gasteiger partial charge in [-0.25, -0.2) is 0 Å². The number of furan rings is 2. The molecule has 0 aliphatic carbocycles. The third kappa shape index (κ3) is 3.10. The average Bonchev–Trinajstić information content (AvgIpc) is 2.97. The lowest BCUT2D eigenvalue weighted by Crippen LogP contribution is -2.23. The first-order valence-electron chi connectivity index (χ1n) is 7.04. The summed E-state index contributed by atoms with van der Waals surface area (Å²) in [5.41, 5.74) is 1.17. The van der Waals surface area contributed by atoms with Crippen molar-refractivity contribution in [3.05, 3.63) is 46.8 Å². The van der Waals surface area contributed by atoms with Gasteiger partial charge >= 0.3 is 0 Å². The SMILES string of the molecule is CCCNC(c1ccc(CC)o1)c1cc(C)oc1C. The number of hydrogen-bond acceptors (Lipinski definition) is 3. The highest BCUT2D eigenvalue weighted by atomic mass is 16.3. The molecule has 3 heteroatoms. The Morgan fingerprint density at radius 2 is 1.95 bits per heavy atom. The van der Waals surface area contributed by atoms with Gasteiger partial charge in [-0.2, -0.15) is 0 Å². The minimum Gasteiger partial charge on any atom is -0.466 e. The van der Waals surface area contributed by atoms with Crippen LogP contribution in [0.5, 0.6) is 0 Å². The molecule has 2 aromatic rings. The Morgan fingerprint density at radius 1 is 1.16 bits per heavy atom. The third-order valence-corrected chi connectivity index (χ3v) is 3.30. The average molecular weight is 261 g/mol. The van der Waals surface area contributed by atoms with Crippen molar-refractivity contribution in [1.29, 1.82) is 0 Å². The molecular formula is C16H23NO2. The zero-order valence-corrected chi connectivity index (χ0v) is 12.2. The van der Waals surface area contributed by atoms with Gasteiger partial charge in [0.1, 0.15) is 23.0 Å². The minimum absolute atomic E-state index is 0.0812. The number of nitrogens with one attached hydrogen (secondary N) is 1. The van der Waals surface area contributed by atoms with Crippen molar-refractivity contribution in [3.63, 3.8) is 0 Å². The van der Waals surface area contributed by atoms with Crippen LogP contribution in [0.25, 0.3) is 0 Å². The maximum atomic E-state index is 5.91. The smallest absolute Gasteiger partial charge is 0.125 e. The zero-order valence-electron chi connectivity index (χ0n) is 12.2. The van der Waals surface area contributed by atoms with Gasteiger partial charge in [0, 0.05) is 12.0 Å². The first kappa shape index (κ1) is 13.9. The Bertz CT molecular complexity index is 525. The summed E-state index contributed by atoms with van der Waals surface area (Å²) in [6.07, 6.45) is 2.01. The van der Waals surface area contributed by atoms with Crippen LogP contribution < -0.4 is 5.32 Å². The maximum absolute atomic E-state index is 5.91. The molecule has 3 nitrogen and oxygen atoms in total. The quantitative estimate of drug-likeness (QED) is 0.849. The van der Waals surface area contributed by atoms with Gasteiger partial charge in [0.25, 0.3) is 0 Å². The van der Waals surface area contributed by atoms with Gasteiger partial charge < -0.3 is 14.2 Å². The molecule has 0 bridgehead atoms. The second kappa shape index (κ2) is 6.11. The predicted molar refractivity (Wildman–Crippen MR) is 76.4 cm³/mol. The minimum atomic E-state index is 0.0812. The Hall–Kier alpha value is -1.48.